The third kappa shape index (κ3) is 7.03. The van der Waals surface area contributed by atoms with Crippen molar-refractivity contribution in [3.05, 3.63) is 29.3 Å². The largest absolute Gasteiger partial charge is 0.496 e. The average Bonchev–Trinajstić information content (AvgIpc) is 2.71. The molecule has 2 rings (SSSR count). The summed E-state index contributed by atoms with van der Waals surface area (Å²) in [6.45, 7) is 6.62. The van der Waals surface area contributed by atoms with Gasteiger partial charge < -0.3 is 26.0 Å². The summed E-state index contributed by atoms with van der Waals surface area (Å²) >= 11 is 0. The maximum Gasteiger partial charge on any atom is 0.220 e. The summed E-state index contributed by atoms with van der Waals surface area (Å²) < 4.78 is 5.45. The van der Waals surface area contributed by atoms with Crippen LogP contribution in [0.2, 0.25) is 0 Å². The number of amides is 1. The van der Waals surface area contributed by atoms with Gasteiger partial charge >= 0.3 is 0 Å². The van der Waals surface area contributed by atoms with E-state index in [1.165, 1.54) is 5.56 Å². The highest BCUT2D eigenvalue weighted by Crippen LogP contribution is 2.19. The summed E-state index contributed by atoms with van der Waals surface area (Å²) in [5, 5.41) is 6.71. The van der Waals surface area contributed by atoms with Crippen molar-refractivity contribution < 1.29 is 9.53 Å². The van der Waals surface area contributed by atoms with Crippen molar-refractivity contribution in [2.75, 3.05) is 40.3 Å². The zero-order chi connectivity index (χ0) is 20.4. The third-order valence-corrected chi connectivity index (χ3v) is 5.30. The van der Waals surface area contributed by atoms with Crippen molar-refractivity contribution in [1.82, 2.24) is 15.5 Å². The van der Waals surface area contributed by atoms with Gasteiger partial charge in [-0.1, -0.05) is 12.1 Å². The maximum atomic E-state index is 11.2. The normalized spacial score (nSPS) is 16.0. The lowest BCUT2D eigenvalue weighted by Crippen LogP contribution is -2.39. The molecule has 0 aliphatic carbocycles. The molecule has 156 valence electrons. The minimum Gasteiger partial charge on any atom is -0.496 e. The first kappa shape index (κ1) is 22.0. The van der Waals surface area contributed by atoms with Crippen molar-refractivity contribution >= 4 is 11.9 Å². The lowest BCUT2D eigenvalue weighted by Gasteiger charge is -2.30. The Morgan fingerprint density at radius 3 is 2.68 bits per heavy atom. The molecule has 0 bridgehead atoms. The number of hydrogen-bond acceptors (Lipinski definition) is 4. The van der Waals surface area contributed by atoms with Gasteiger partial charge in [0.25, 0.3) is 0 Å². The van der Waals surface area contributed by atoms with E-state index < -0.39 is 0 Å². The van der Waals surface area contributed by atoms with E-state index in [-0.39, 0.29) is 11.8 Å². The molecule has 0 atom stereocenters. The molecule has 1 aliphatic rings. The molecule has 1 saturated heterocycles. The highest BCUT2D eigenvalue weighted by Gasteiger charge is 2.22. The van der Waals surface area contributed by atoms with E-state index in [2.05, 4.69) is 39.6 Å². The number of likely N-dealkylation sites (tertiary alicyclic amines) is 1. The van der Waals surface area contributed by atoms with Crippen molar-refractivity contribution in [3.63, 3.8) is 0 Å². The molecule has 1 aromatic rings. The van der Waals surface area contributed by atoms with E-state index >= 15 is 0 Å². The van der Waals surface area contributed by atoms with Gasteiger partial charge in [-0.25, -0.2) is 0 Å². The Morgan fingerprint density at radius 1 is 1.29 bits per heavy atom. The fourth-order valence-corrected chi connectivity index (χ4v) is 3.51. The number of ether oxygens (including phenoxy) is 1. The molecule has 1 heterocycles. The summed E-state index contributed by atoms with van der Waals surface area (Å²) in [4.78, 5) is 17.9. The number of aliphatic imine (C=N–C) groups is 1. The van der Waals surface area contributed by atoms with Crippen LogP contribution in [0.5, 0.6) is 5.75 Å². The Morgan fingerprint density at radius 2 is 2.04 bits per heavy atom. The van der Waals surface area contributed by atoms with Gasteiger partial charge in [0, 0.05) is 31.6 Å². The Bertz CT molecular complexity index is 654. The molecular weight excluding hydrogens is 354 g/mol. The van der Waals surface area contributed by atoms with Gasteiger partial charge in [0.2, 0.25) is 5.91 Å². The number of methoxy groups -OCH3 is 1. The molecule has 1 aromatic carbocycles. The van der Waals surface area contributed by atoms with Crippen LogP contribution in [0.15, 0.2) is 23.2 Å². The van der Waals surface area contributed by atoms with E-state index in [4.69, 9.17) is 10.5 Å². The molecule has 0 aromatic heterocycles. The summed E-state index contributed by atoms with van der Waals surface area (Å²) in [7, 11) is 3.48. The second-order valence-corrected chi connectivity index (χ2v) is 7.39. The van der Waals surface area contributed by atoms with E-state index in [9.17, 15) is 4.79 Å². The average molecular weight is 390 g/mol. The van der Waals surface area contributed by atoms with Crippen molar-refractivity contribution in [2.45, 2.75) is 39.2 Å². The minimum absolute atomic E-state index is 0.0690. The van der Waals surface area contributed by atoms with Crippen LogP contribution in [-0.2, 0) is 11.3 Å². The molecule has 0 saturated carbocycles. The number of carbonyl (C=O) groups is 1. The van der Waals surface area contributed by atoms with Crippen molar-refractivity contribution in [1.29, 1.82) is 0 Å². The first-order chi connectivity index (χ1) is 13.5. The second kappa shape index (κ2) is 11.5. The number of benzene rings is 1. The van der Waals surface area contributed by atoms with Crippen LogP contribution >= 0.6 is 0 Å². The zero-order valence-electron chi connectivity index (χ0n) is 17.5. The molecule has 7 heteroatoms. The SMILES string of the molecule is CN=C(NCCCCN1CCC(C(N)=O)CC1)NCc1ccc(C)cc1OC. The number of hydrogen-bond donors (Lipinski definition) is 3. The lowest BCUT2D eigenvalue weighted by molar-refractivity contribution is -0.123. The number of aryl methyl sites for hydroxylation is 1. The number of carbonyl (C=O) groups excluding carboxylic acids is 1. The molecule has 7 nitrogen and oxygen atoms in total. The standard InChI is InChI=1S/C21H35N5O2/c1-16-6-7-18(19(14-16)28-3)15-25-21(23-2)24-10-4-5-11-26-12-8-17(9-13-26)20(22)27/h6-7,14,17H,4-5,8-13,15H2,1-3H3,(H2,22,27)(H2,23,24,25). The van der Waals surface area contributed by atoms with Crippen LogP contribution in [0.25, 0.3) is 0 Å². The first-order valence-electron chi connectivity index (χ1n) is 10.1. The summed E-state index contributed by atoms with van der Waals surface area (Å²) in [5.41, 5.74) is 7.68. The number of nitrogens with one attached hydrogen (secondary N) is 2. The van der Waals surface area contributed by atoms with Crippen LogP contribution in [0.3, 0.4) is 0 Å². The van der Waals surface area contributed by atoms with Crippen LogP contribution in [0, 0.1) is 12.8 Å². The van der Waals surface area contributed by atoms with Gasteiger partial charge in [-0.15, -0.1) is 0 Å². The molecule has 1 fully saturated rings. The molecule has 0 spiro atoms. The Labute approximate surface area is 168 Å². The molecule has 1 amide bonds. The van der Waals surface area contributed by atoms with Gasteiger partial charge in [-0.3, -0.25) is 9.79 Å². The Balaban J connectivity index is 1.62. The summed E-state index contributed by atoms with van der Waals surface area (Å²) in [6, 6.07) is 6.21. The van der Waals surface area contributed by atoms with E-state index in [1.54, 1.807) is 14.2 Å². The number of piperidine rings is 1. The summed E-state index contributed by atoms with van der Waals surface area (Å²) in [5.74, 6) is 1.61. The lowest BCUT2D eigenvalue weighted by atomic mass is 9.96. The van der Waals surface area contributed by atoms with Crippen LogP contribution in [-0.4, -0.2) is 57.1 Å². The minimum atomic E-state index is -0.147. The fourth-order valence-electron chi connectivity index (χ4n) is 3.51. The molecule has 0 radical (unpaired) electrons. The number of primary amides is 1. The van der Waals surface area contributed by atoms with Gasteiger partial charge in [0.05, 0.1) is 7.11 Å². The van der Waals surface area contributed by atoms with E-state index in [1.807, 2.05) is 6.07 Å². The predicted molar refractivity (Wildman–Crippen MR) is 114 cm³/mol. The quantitative estimate of drug-likeness (QED) is 0.339. The van der Waals surface area contributed by atoms with Gasteiger partial charge in [-0.2, -0.15) is 0 Å². The number of rotatable bonds is 9. The highest BCUT2D eigenvalue weighted by atomic mass is 16.5. The number of nitrogens with two attached hydrogens (primary N) is 1. The van der Waals surface area contributed by atoms with Crippen molar-refractivity contribution in [2.24, 2.45) is 16.6 Å². The van der Waals surface area contributed by atoms with Crippen LogP contribution in [0.4, 0.5) is 0 Å². The summed E-state index contributed by atoms with van der Waals surface area (Å²) in [6.07, 6.45) is 3.99. The molecule has 0 unspecified atom stereocenters. The smallest absolute Gasteiger partial charge is 0.220 e. The Kier molecular flexibility index (Phi) is 9.07. The monoisotopic (exact) mass is 389 g/mol. The number of unbranched alkanes of at least 4 members (excludes halogenated alkanes) is 1. The van der Waals surface area contributed by atoms with E-state index in [0.29, 0.717) is 6.54 Å². The Hall–Kier alpha value is -2.28. The predicted octanol–water partition coefficient (Wildman–Crippen LogP) is 1.65. The first-order valence-corrected chi connectivity index (χ1v) is 10.1. The maximum absolute atomic E-state index is 11.2. The molecule has 4 N–H and O–H groups in total. The van der Waals surface area contributed by atoms with E-state index in [0.717, 1.165) is 69.1 Å². The van der Waals surface area contributed by atoms with Crippen LogP contribution in [0.1, 0.15) is 36.8 Å². The third-order valence-electron chi connectivity index (χ3n) is 5.30. The molecule has 1 aliphatic heterocycles. The van der Waals surface area contributed by atoms with Gasteiger partial charge in [0.1, 0.15) is 5.75 Å². The molecule has 28 heavy (non-hydrogen) atoms. The highest BCUT2D eigenvalue weighted by molar-refractivity contribution is 5.79. The number of nitrogens with zero attached hydrogens (tertiary/aromatic N) is 2. The second-order valence-electron chi connectivity index (χ2n) is 7.39. The zero-order valence-corrected chi connectivity index (χ0v) is 17.5. The molecular formula is C21H35N5O2. The van der Waals surface area contributed by atoms with Gasteiger partial charge in [0.15, 0.2) is 5.96 Å². The van der Waals surface area contributed by atoms with Crippen molar-refractivity contribution in [3.8, 4) is 5.75 Å². The number of guanidine groups is 1. The topological polar surface area (TPSA) is 92.0 Å². The van der Waals surface area contributed by atoms with Crippen LogP contribution < -0.4 is 21.1 Å². The van der Waals surface area contributed by atoms with Gasteiger partial charge in [-0.05, 0) is 63.9 Å². The fraction of sp³-hybridized carbons (Fsp3) is 0.619.